The Morgan fingerprint density at radius 2 is 1.00 bits per heavy atom. The summed E-state index contributed by atoms with van der Waals surface area (Å²) in [4.78, 5) is 159. The van der Waals surface area contributed by atoms with E-state index in [0.29, 0.717) is 23.3 Å². The highest BCUT2D eigenvalue weighted by Crippen LogP contribution is 2.25. The molecule has 25 nitrogen and oxygen atoms in total. The number of hydrogen-bond acceptors (Lipinski definition) is 15. The summed E-state index contributed by atoms with van der Waals surface area (Å²) in [5.41, 5.74) is 0.283. The summed E-state index contributed by atoms with van der Waals surface area (Å²) >= 11 is 0. The van der Waals surface area contributed by atoms with E-state index in [-0.39, 0.29) is 49.1 Å². The van der Waals surface area contributed by atoms with Crippen LogP contribution in [-0.4, -0.2) is 170 Å². The van der Waals surface area contributed by atoms with Crippen LogP contribution in [0.5, 0.6) is 0 Å². The number of amides is 8. The van der Waals surface area contributed by atoms with Crippen LogP contribution in [0.4, 0.5) is 4.79 Å². The number of aliphatic carboxylic acids is 2. The van der Waals surface area contributed by atoms with E-state index in [4.69, 9.17) is 10.2 Å². The standard InChI is InChI=1S/C26H31N5O8.C26H31N5O7/c1-14(2)21(30-24(36)22-18-7-5-4-6-15(18)8-9-27-22)25(37)31-12-16(29-26(38)39-3)10-19(31)23(35)28-17(13-32)11-20(33)34;1-14(2)22(30-25(37)23-19-7-5-4-6-16(19)8-9-27-23)26(38)31-12-17(28-15(3)33)10-20(31)24(36)29-18(13-32)11-21(34)35/h4-9,13-14,16-17,19,21H,10-12H2,1-3H3,(H,28,35)(H,29,38)(H,30,36)(H,33,34);4-9,13-14,17-18,20,22H,10-12H2,1-3H3,(H,28,33)(H,29,36)(H,30,37)(H,34,35)/t16-,17+,19+,21+;17-,18+,20+,22+/m11/s1. The van der Waals surface area contributed by atoms with Crippen molar-refractivity contribution in [2.45, 2.75) is 109 Å². The molecule has 8 amide bonds. The third-order valence-corrected chi connectivity index (χ3v) is 12.7. The molecule has 6 rings (SSSR count). The normalized spacial score (nSPS) is 18.3. The average Bonchev–Trinajstić information content (AvgIpc) is 4.03. The lowest BCUT2D eigenvalue weighted by Gasteiger charge is -2.30. The number of rotatable bonds is 20. The minimum atomic E-state index is -1.31. The first kappa shape index (κ1) is 59.0. The number of carbonyl (C=O) groups is 12. The number of nitrogens with zero attached hydrogens (tertiary/aromatic N) is 4. The van der Waals surface area contributed by atoms with Crippen molar-refractivity contribution in [3.63, 3.8) is 0 Å². The summed E-state index contributed by atoms with van der Waals surface area (Å²) in [6.07, 6.45) is 1.63. The second kappa shape index (κ2) is 27.1. The second-order valence-electron chi connectivity index (χ2n) is 19.1. The summed E-state index contributed by atoms with van der Waals surface area (Å²) in [5.74, 6) is -7.46. The highest BCUT2D eigenvalue weighted by molar-refractivity contribution is 6.08. The summed E-state index contributed by atoms with van der Waals surface area (Å²) < 4.78 is 4.62. The monoisotopic (exact) mass is 1070 g/mol. The van der Waals surface area contributed by atoms with Gasteiger partial charge in [0.1, 0.15) is 48.1 Å². The number of hydrogen-bond donors (Lipinski definition) is 8. The van der Waals surface area contributed by atoms with Crippen molar-refractivity contribution in [3.8, 4) is 0 Å². The number of alkyl carbamates (subject to hydrolysis) is 1. The largest absolute Gasteiger partial charge is 0.481 e. The zero-order valence-electron chi connectivity index (χ0n) is 43.1. The number of carboxylic acid groups (broad SMARTS) is 2. The first-order valence-electron chi connectivity index (χ1n) is 24.5. The molecule has 0 saturated carbocycles. The zero-order chi connectivity index (χ0) is 56.7. The molecule has 8 N–H and O–H groups in total. The quantitative estimate of drug-likeness (QED) is 0.0566. The van der Waals surface area contributed by atoms with Gasteiger partial charge in [0, 0.05) is 49.2 Å². The van der Waals surface area contributed by atoms with Crippen LogP contribution in [0.25, 0.3) is 21.5 Å². The highest BCUT2D eigenvalue weighted by atomic mass is 16.5. The number of carbonyl (C=O) groups excluding carboxylic acids is 10. The fraction of sp³-hybridized carbons (Fsp3) is 0.423. The van der Waals surface area contributed by atoms with Crippen LogP contribution in [0, 0.1) is 11.8 Å². The Labute approximate surface area is 441 Å². The predicted octanol–water partition coefficient (Wildman–Crippen LogP) is 0.726. The summed E-state index contributed by atoms with van der Waals surface area (Å²) in [6.45, 7) is 8.16. The van der Waals surface area contributed by atoms with Gasteiger partial charge in [-0.2, -0.15) is 0 Å². The molecule has 2 fully saturated rings. The molecule has 25 heteroatoms. The number of nitrogens with one attached hydrogen (secondary N) is 6. The molecule has 0 spiro atoms. The first-order valence-corrected chi connectivity index (χ1v) is 24.5. The average molecular weight is 1070 g/mol. The van der Waals surface area contributed by atoms with Crippen molar-refractivity contribution in [1.82, 2.24) is 51.7 Å². The van der Waals surface area contributed by atoms with Crippen LogP contribution < -0.4 is 31.9 Å². The maximum atomic E-state index is 13.8. The molecule has 0 radical (unpaired) electrons. The fourth-order valence-electron chi connectivity index (χ4n) is 8.98. The van der Waals surface area contributed by atoms with Crippen LogP contribution >= 0.6 is 0 Å². The van der Waals surface area contributed by atoms with Crippen LogP contribution in [0.2, 0.25) is 0 Å². The van der Waals surface area contributed by atoms with Gasteiger partial charge in [0.15, 0.2) is 0 Å². The molecule has 8 atom stereocenters. The third kappa shape index (κ3) is 15.6. The molecule has 77 heavy (non-hydrogen) atoms. The number of benzene rings is 2. The first-order chi connectivity index (χ1) is 36.6. The van der Waals surface area contributed by atoms with Crippen molar-refractivity contribution in [1.29, 1.82) is 0 Å². The van der Waals surface area contributed by atoms with E-state index in [9.17, 15) is 57.5 Å². The van der Waals surface area contributed by atoms with Gasteiger partial charge in [0.2, 0.25) is 29.5 Å². The van der Waals surface area contributed by atoms with Crippen LogP contribution in [0.15, 0.2) is 73.1 Å². The predicted molar refractivity (Wildman–Crippen MR) is 273 cm³/mol. The number of aldehydes is 2. The van der Waals surface area contributed by atoms with E-state index in [1.807, 2.05) is 24.3 Å². The van der Waals surface area contributed by atoms with Gasteiger partial charge >= 0.3 is 18.0 Å². The lowest BCUT2D eigenvalue weighted by Crippen LogP contribution is -2.56. The summed E-state index contributed by atoms with van der Waals surface area (Å²) in [5, 5.41) is 36.2. The molecule has 0 bridgehead atoms. The molecule has 0 aliphatic carbocycles. The second-order valence-corrected chi connectivity index (χ2v) is 19.1. The number of ether oxygens (including phenoxy) is 1. The lowest BCUT2D eigenvalue weighted by atomic mass is 10.0. The van der Waals surface area contributed by atoms with E-state index in [2.05, 4.69) is 46.6 Å². The van der Waals surface area contributed by atoms with Crippen molar-refractivity contribution in [3.05, 3.63) is 84.4 Å². The summed E-state index contributed by atoms with van der Waals surface area (Å²) in [6, 6.07) is 9.75. The van der Waals surface area contributed by atoms with Crippen molar-refractivity contribution < 1.29 is 72.5 Å². The molecule has 410 valence electrons. The SMILES string of the molecule is CC(=O)N[C@@H]1C[C@@H](C(=O)N[C@H](C=O)CC(=O)O)N(C(=O)[C@@H](NC(=O)c2nccc3ccccc23)C(C)C)C1.COC(=O)N[C@@H]1C[C@@H](C(=O)N[C@H](C=O)CC(=O)O)N(C(=O)[C@@H](NC(=O)c2nccc3ccccc23)C(C)C)C1. The smallest absolute Gasteiger partial charge is 0.407 e. The van der Waals surface area contributed by atoms with Gasteiger partial charge in [-0.05, 0) is 47.6 Å². The third-order valence-electron chi connectivity index (χ3n) is 12.7. The molecule has 4 aromatic rings. The van der Waals surface area contributed by atoms with Crippen LogP contribution in [-0.2, 0) is 47.9 Å². The maximum Gasteiger partial charge on any atom is 0.407 e. The molecule has 4 heterocycles. The number of methoxy groups -OCH3 is 1. The molecule has 2 aliphatic heterocycles. The lowest BCUT2D eigenvalue weighted by molar-refractivity contribution is -0.142. The summed E-state index contributed by atoms with van der Waals surface area (Å²) in [7, 11) is 1.17. The Bertz CT molecular complexity index is 2890. The molecule has 2 saturated heterocycles. The topological polar surface area (TPSA) is 359 Å². The van der Waals surface area contributed by atoms with Crippen LogP contribution in [0.3, 0.4) is 0 Å². The van der Waals surface area contributed by atoms with Crippen molar-refractivity contribution in [2.24, 2.45) is 11.8 Å². The van der Waals surface area contributed by atoms with E-state index in [1.165, 1.54) is 36.2 Å². The molecule has 0 unspecified atom stereocenters. The number of fused-ring (bicyclic) bond motifs is 2. The van der Waals surface area contributed by atoms with E-state index in [1.54, 1.807) is 64.1 Å². The Kier molecular flexibility index (Phi) is 20.7. The number of pyridine rings is 2. The zero-order valence-corrected chi connectivity index (χ0v) is 43.1. The molecule has 2 aromatic heterocycles. The Morgan fingerprint density at radius 1 is 0.610 bits per heavy atom. The van der Waals surface area contributed by atoms with Gasteiger partial charge in [-0.3, -0.25) is 53.1 Å². The number of likely N-dealkylation sites (tertiary alicyclic amines) is 2. The maximum absolute atomic E-state index is 13.8. The van der Waals surface area contributed by atoms with E-state index < -0.39 is 121 Å². The van der Waals surface area contributed by atoms with Gasteiger partial charge < -0.3 is 66.2 Å². The van der Waals surface area contributed by atoms with Gasteiger partial charge in [-0.15, -0.1) is 0 Å². The van der Waals surface area contributed by atoms with Crippen LogP contribution in [0.1, 0.15) is 81.3 Å². The minimum Gasteiger partial charge on any atom is -0.481 e. The molecular weight excluding hydrogens is 1000 g/mol. The molecule has 2 aliphatic rings. The minimum absolute atomic E-state index is 0.00715. The van der Waals surface area contributed by atoms with Gasteiger partial charge in [-0.25, -0.2) is 4.79 Å². The molecular formula is C52H62N10O15. The molecule has 2 aromatic carbocycles. The number of aromatic nitrogens is 2. The highest BCUT2D eigenvalue weighted by Gasteiger charge is 2.45. The van der Waals surface area contributed by atoms with Gasteiger partial charge in [0.05, 0.1) is 38.1 Å². The van der Waals surface area contributed by atoms with E-state index >= 15 is 0 Å². The van der Waals surface area contributed by atoms with Gasteiger partial charge in [-0.1, -0.05) is 76.2 Å². The van der Waals surface area contributed by atoms with Crippen molar-refractivity contribution >= 4 is 93.5 Å². The van der Waals surface area contributed by atoms with Crippen molar-refractivity contribution in [2.75, 3.05) is 20.2 Å². The Morgan fingerprint density at radius 3 is 1.35 bits per heavy atom. The Hall–Kier alpha value is -8.90. The Balaban J connectivity index is 0.000000284. The number of carboxylic acids is 2. The fourth-order valence-corrected chi connectivity index (χ4v) is 8.98. The van der Waals surface area contributed by atoms with Gasteiger partial charge in [0.25, 0.3) is 11.8 Å². The van der Waals surface area contributed by atoms with E-state index in [0.717, 1.165) is 10.8 Å².